The van der Waals surface area contributed by atoms with Gasteiger partial charge in [0, 0.05) is 6.54 Å². The molecule has 2 N–H and O–H groups in total. The number of hydrogen-bond donors (Lipinski definition) is 2. The van der Waals surface area contributed by atoms with Gasteiger partial charge < -0.3 is 15.4 Å². The van der Waals surface area contributed by atoms with Gasteiger partial charge >= 0.3 is 5.97 Å². The van der Waals surface area contributed by atoms with E-state index in [-0.39, 0.29) is 11.6 Å². The highest BCUT2D eigenvalue weighted by molar-refractivity contribution is 6.33. The van der Waals surface area contributed by atoms with E-state index in [2.05, 4.69) is 39.4 Å². The third kappa shape index (κ3) is 5.42. The Bertz CT molecular complexity index is 779. The second kappa shape index (κ2) is 9.15. The van der Waals surface area contributed by atoms with E-state index < -0.39 is 5.97 Å². The molecule has 0 saturated heterocycles. The number of amides is 1. The first kappa shape index (κ1) is 19.7. The summed E-state index contributed by atoms with van der Waals surface area (Å²) in [5.41, 5.74) is 1.07. The molecule has 7 nitrogen and oxygen atoms in total. The van der Waals surface area contributed by atoms with Crippen molar-refractivity contribution in [1.82, 2.24) is 15.5 Å². The SMILES string of the molecule is COC(=O)c1ccc(Cl)c(Nc2ccc(C(=O)NCCC(C)C)nn2)c1. The van der Waals surface area contributed by atoms with Gasteiger partial charge in [-0.25, -0.2) is 4.79 Å². The van der Waals surface area contributed by atoms with Gasteiger partial charge in [0.2, 0.25) is 0 Å². The van der Waals surface area contributed by atoms with Crippen LogP contribution in [0, 0.1) is 5.92 Å². The van der Waals surface area contributed by atoms with Crippen LogP contribution >= 0.6 is 11.6 Å². The van der Waals surface area contributed by atoms with Crippen LogP contribution in [0.1, 0.15) is 41.1 Å². The van der Waals surface area contributed by atoms with E-state index in [4.69, 9.17) is 11.6 Å². The van der Waals surface area contributed by atoms with Crippen molar-refractivity contribution >= 4 is 35.0 Å². The summed E-state index contributed by atoms with van der Waals surface area (Å²) in [7, 11) is 1.31. The summed E-state index contributed by atoms with van der Waals surface area (Å²) in [4.78, 5) is 23.6. The van der Waals surface area contributed by atoms with Crippen molar-refractivity contribution in [3.8, 4) is 0 Å². The molecule has 0 spiro atoms. The standard InChI is InChI=1S/C18H21ClN4O3/c1-11(2)8-9-20-17(24)14-6-7-16(23-22-14)21-15-10-12(18(25)26-3)4-5-13(15)19/h4-7,10-11H,8-9H2,1-3H3,(H,20,24)(H,21,23). The van der Waals surface area contributed by atoms with Crippen molar-refractivity contribution in [3.63, 3.8) is 0 Å². The minimum absolute atomic E-state index is 0.230. The molecule has 2 rings (SSSR count). The van der Waals surface area contributed by atoms with E-state index in [1.54, 1.807) is 30.3 Å². The molecular weight excluding hydrogens is 356 g/mol. The van der Waals surface area contributed by atoms with Gasteiger partial charge in [0.15, 0.2) is 11.5 Å². The zero-order valence-corrected chi connectivity index (χ0v) is 15.6. The number of methoxy groups -OCH3 is 1. The normalized spacial score (nSPS) is 10.5. The Hall–Kier alpha value is -2.67. The summed E-state index contributed by atoms with van der Waals surface area (Å²) in [6.07, 6.45) is 0.897. The Balaban J connectivity index is 2.05. The van der Waals surface area contributed by atoms with Crippen LogP contribution in [0.4, 0.5) is 11.5 Å². The molecular formula is C18H21ClN4O3. The Labute approximate surface area is 157 Å². The number of carbonyl (C=O) groups is 2. The smallest absolute Gasteiger partial charge is 0.337 e. The third-order valence-electron chi connectivity index (χ3n) is 3.55. The molecule has 0 fully saturated rings. The number of ether oxygens (including phenoxy) is 1. The molecule has 1 heterocycles. The fourth-order valence-electron chi connectivity index (χ4n) is 2.09. The van der Waals surface area contributed by atoms with E-state index in [0.29, 0.717) is 34.6 Å². The number of benzene rings is 1. The molecule has 2 aromatic rings. The highest BCUT2D eigenvalue weighted by Gasteiger charge is 2.11. The van der Waals surface area contributed by atoms with Gasteiger partial charge in [0.1, 0.15) is 0 Å². The van der Waals surface area contributed by atoms with E-state index in [1.165, 1.54) is 7.11 Å². The van der Waals surface area contributed by atoms with Crippen LogP contribution in [0.25, 0.3) is 0 Å². The van der Waals surface area contributed by atoms with Crippen molar-refractivity contribution in [2.24, 2.45) is 5.92 Å². The lowest BCUT2D eigenvalue weighted by molar-refractivity contribution is 0.0600. The average molecular weight is 377 g/mol. The fourth-order valence-corrected chi connectivity index (χ4v) is 2.25. The predicted octanol–water partition coefficient (Wildman–Crippen LogP) is 3.44. The predicted molar refractivity (Wildman–Crippen MR) is 99.9 cm³/mol. The van der Waals surface area contributed by atoms with E-state index in [1.807, 2.05) is 0 Å². The molecule has 1 amide bonds. The summed E-state index contributed by atoms with van der Waals surface area (Å²) >= 11 is 6.13. The molecule has 0 radical (unpaired) electrons. The number of nitrogens with one attached hydrogen (secondary N) is 2. The third-order valence-corrected chi connectivity index (χ3v) is 3.88. The minimum Gasteiger partial charge on any atom is -0.465 e. The van der Waals surface area contributed by atoms with Gasteiger partial charge in [-0.2, -0.15) is 0 Å². The van der Waals surface area contributed by atoms with Crippen molar-refractivity contribution in [2.45, 2.75) is 20.3 Å². The number of esters is 1. The molecule has 0 unspecified atom stereocenters. The Morgan fingerprint density at radius 2 is 1.96 bits per heavy atom. The largest absolute Gasteiger partial charge is 0.465 e. The number of halogens is 1. The summed E-state index contributed by atoms with van der Waals surface area (Å²) in [5.74, 6) is 0.172. The summed E-state index contributed by atoms with van der Waals surface area (Å²) in [6, 6.07) is 7.89. The minimum atomic E-state index is -0.468. The first-order valence-electron chi connectivity index (χ1n) is 8.17. The van der Waals surface area contributed by atoms with Crippen molar-refractivity contribution in [3.05, 3.63) is 46.6 Å². The molecule has 0 aliphatic rings. The maximum atomic E-state index is 12.0. The van der Waals surface area contributed by atoms with Crippen LogP contribution in [0.5, 0.6) is 0 Å². The average Bonchev–Trinajstić information content (AvgIpc) is 2.63. The van der Waals surface area contributed by atoms with Crippen molar-refractivity contribution in [1.29, 1.82) is 0 Å². The van der Waals surface area contributed by atoms with E-state index in [0.717, 1.165) is 6.42 Å². The van der Waals surface area contributed by atoms with Crippen LogP contribution in [0.2, 0.25) is 5.02 Å². The number of anilines is 2. The second-order valence-electron chi connectivity index (χ2n) is 6.05. The molecule has 0 aliphatic heterocycles. The number of hydrogen-bond acceptors (Lipinski definition) is 6. The molecule has 138 valence electrons. The van der Waals surface area contributed by atoms with Gasteiger partial charge in [0.05, 0.1) is 23.4 Å². The van der Waals surface area contributed by atoms with E-state index >= 15 is 0 Å². The van der Waals surface area contributed by atoms with Crippen LogP contribution in [0.15, 0.2) is 30.3 Å². The molecule has 1 aromatic heterocycles. The Morgan fingerprint density at radius 3 is 2.58 bits per heavy atom. The first-order chi connectivity index (χ1) is 12.4. The molecule has 0 atom stereocenters. The first-order valence-corrected chi connectivity index (χ1v) is 8.55. The molecule has 1 aromatic carbocycles. The van der Waals surface area contributed by atoms with Crippen LogP contribution < -0.4 is 10.6 Å². The van der Waals surface area contributed by atoms with E-state index in [9.17, 15) is 9.59 Å². The van der Waals surface area contributed by atoms with Crippen LogP contribution in [-0.4, -0.2) is 35.7 Å². The molecule has 0 bridgehead atoms. The topological polar surface area (TPSA) is 93.2 Å². The number of aromatic nitrogens is 2. The highest BCUT2D eigenvalue weighted by atomic mass is 35.5. The number of carbonyl (C=O) groups excluding carboxylic acids is 2. The van der Waals surface area contributed by atoms with Gasteiger partial charge in [-0.3, -0.25) is 4.79 Å². The molecule has 26 heavy (non-hydrogen) atoms. The molecule has 8 heteroatoms. The Morgan fingerprint density at radius 1 is 1.19 bits per heavy atom. The summed E-state index contributed by atoms with van der Waals surface area (Å²) in [6.45, 7) is 4.77. The van der Waals surface area contributed by atoms with Crippen LogP contribution in [0.3, 0.4) is 0 Å². The maximum Gasteiger partial charge on any atom is 0.337 e. The van der Waals surface area contributed by atoms with Gasteiger partial charge in [-0.15, -0.1) is 10.2 Å². The van der Waals surface area contributed by atoms with Crippen molar-refractivity contribution < 1.29 is 14.3 Å². The summed E-state index contributed by atoms with van der Waals surface area (Å²) in [5, 5.41) is 14.1. The second-order valence-corrected chi connectivity index (χ2v) is 6.46. The van der Waals surface area contributed by atoms with Gasteiger partial charge in [-0.1, -0.05) is 25.4 Å². The van der Waals surface area contributed by atoms with Crippen molar-refractivity contribution in [2.75, 3.05) is 19.0 Å². The fraction of sp³-hybridized carbons (Fsp3) is 0.333. The Kier molecular flexibility index (Phi) is 6.91. The highest BCUT2D eigenvalue weighted by Crippen LogP contribution is 2.26. The number of nitrogens with zero attached hydrogens (tertiary/aromatic N) is 2. The lowest BCUT2D eigenvalue weighted by Crippen LogP contribution is -2.26. The maximum absolute atomic E-state index is 12.0. The zero-order chi connectivity index (χ0) is 19.1. The summed E-state index contributed by atoms with van der Waals surface area (Å²) < 4.78 is 4.69. The number of rotatable bonds is 7. The lowest BCUT2D eigenvalue weighted by Gasteiger charge is -2.09. The van der Waals surface area contributed by atoms with Gasteiger partial charge in [-0.05, 0) is 42.7 Å². The van der Waals surface area contributed by atoms with Gasteiger partial charge in [0.25, 0.3) is 5.91 Å². The molecule has 0 aliphatic carbocycles. The molecule has 0 saturated carbocycles. The zero-order valence-electron chi connectivity index (χ0n) is 14.9. The quantitative estimate of drug-likeness (QED) is 0.719. The lowest BCUT2D eigenvalue weighted by atomic mass is 10.1. The monoisotopic (exact) mass is 376 g/mol. The van der Waals surface area contributed by atoms with Crippen LogP contribution in [-0.2, 0) is 4.74 Å².